The molecule has 0 heteroatoms. The van der Waals surface area contributed by atoms with Gasteiger partial charge in [-0.3, -0.25) is 0 Å². The van der Waals surface area contributed by atoms with E-state index in [-0.39, 0.29) is 0 Å². The second-order valence-electron chi connectivity index (χ2n) is 13.8. The van der Waals surface area contributed by atoms with Crippen molar-refractivity contribution in [3.63, 3.8) is 0 Å². The second kappa shape index (κ2) is 14.9. The van der Waals surface area contributed by atoms with Crippen molar-refractivity contribution in [3.05, 3.63) is 231 Å². The molecule has 0 radical (unpaired) electrons. The maximum Gasteiger partial charge on any atom is -0.0172 e. The van der Waals surface area contributed by atoms with E-state index in [1.807, 2.05) is 0 Å². The van der Waals surface area contributed by atoms with Crippen molar-refractivity contribution in [3.8, 4) is 89.0 Å². The molecule has 0 aliphatic heterocycles. The topological polar surface area (TPSA) is 0 Å². The van der Waals surface area contributed by atoms with Crippen LogP contribution in [0.25, 0.3) is 89.0 Å². The predicted octanol–water partition coefficient (Wildman–Crippen LogP) is 15.0. The number of hydrogen-bond donors (Lipinski definition) is 0. The van der Waals surface area contributed by atoms with E-state index in [1.165, 1.54) is 89.0 Å². The Kier molecular flexibility index (Phi) is 9.07. The Morgan fingerprint density at radius 1 is 0.111 bits per heavy atom. The highest BCUT2D eigenvalue weighted by Gasteiger charge is 2.10. The highest BCUT2D eigenvalue weighted by Crippen LogP contribution is 2.36. The first-order valence-corrected chi connectivity index (χ1v) is 18.6. The normalized spacial score (nSPS) is 11.0. The van der Waals surface area contributed by atoms with E-state index in [1.54, 1.807) is 0 Å². The summed E-state index contributed by atoms with van der Waals surface area (Å²) in [4.78, 5) is 0. The molecule has 0 aliphatic rings. The van der Waals surface area contributed by atoms with Crippen molar-refractivity contribution in [1.29, 1.82) is 0 Å². The van der Waals surface area contributed by atoms with Gasteiger partial charge in [-0.1, -0.05) is 212 Å². The average Bonchev–Trinajstić information content (AvgIpc) is 3.27. The minimum absolute atomic E-state index is 1.19. The van der Waals surface area contributed by atoms with Gasteiger partial charge in [-0.25, -0.2) is 0 Å². The van der Waals surface area contributed by atoms with Crippen LogP contribution in [0.2, 0.25) is 0 Å². The molecule has 0 saturated carbocycles. The quantitative estimate of drug-likeness (QED) is 0.149. The summed E-state index contributed by atoms with van der Waals surface area (Å²) < 4.78 is 0. The van der Waals surface area contributed by atoms with Crippen LogP contribution in [0.4, 0.5) is 0 Å². The molecule has 0 saturated heterocycles. The fraction of sp³-hybridized carbons (Fsp3) is 0. The van der Waals surface area contributed by atoms with Crippen LogP contribution in [0.3, 0.4) is 0 Å². The summed E-state index contributed by atoms with van der Waals surface area (Å²) in [6.45, 7) is 0. The maximum atomic E-state index is 2.33. The number of benzene rings is 9. The lowest BCUT2D eigenvalue weighted by atomic mass is 9.91. The smallest absolute Gasteiger partial charge is 0.0172 e. The maximum absolute atomic E-state index is 2.33. The van der Waals surface area contributed by atoms with Gasteiger partial charge in [-0.05, 0) is 107 Å². The van der Waals surface area contributed by atoms with E-state index < -0.39 is 0 Å². The SMILES string of the molecule is c1ccc(-c2ccc(-c3ccc(-c4cc(-c5ccc(-c6ccccc6)cc5)cc(-c5ccc(-c6ccc(-c7ccccc7)cc6)cc5)c4)cc3)cc2)cc1. The third kappa shape index (κ3) is 7.06. The Hall–Kier alpha value is -7.02. The highest BCUT2D eigenvalue weighted by atomic mass is 14.1. The molecule has 0 amide bonds. The van der Waals surface area contributed by atoms with Crippen molar-refractivity contribution in [2.45, 2.75) is 0 Å². The van der Waals surface area contributed by atoms with E-state index in [9.17, 15) is 0 Å². The molecule has 0 aliphatic carbocycles. The van der Waals surface area contributed by atoms with Crippen LogP contribution in [0, 0.1) is 0 Å². The van der Waals surface area contributed by atoms with E-state index in [4.69, 9.17) is 0 Å². The molecule has 9 rings (SSSR count). The van der Waals surface area contributed by atoms with Crippen molar-refractivity contribution >= 4 is 0 Å². The first-order chi connectivity index (χ1) is 26.7. The minimum atomic E-state index is 1.19. The fourth-order valence-corrected chi connectivity index (χ4v) is 7.30. The molecule has 54 heavy (non-hydrogen) atoms. The molecule has 9 aromatic carbocycles. The van der Waals surface area contributed by atoms with Gasteiger partial charge in [-0.2, -0.15) is 0 Å². The third-order valence-electron chi connectivity index (χ3n) is 10.3. The molecule has 254 valence electrons. The fourth-order valence-electron chi connectivity index (χ4n) is 7.30. The Balaban J connectivity index is 1.04. The average molecular weight is 687 g/mol. The van der Waals surface area contributed by atoms with Crippen molar-refractivity contribution in [2.75, 3.05) is 0 Å². The summed E-state index contributed by atoms with van der Waals surface area (Å²) in [5.41, 5.74) is 19.4. The lowest BCUT2D eigenvalue weighted by molar-refractivity contribution is 1.54. The molecule has 0 fully saturated rings. The van der Waals surface area contributed by atoms with Crippen molar-refractivity contribution < 1.29 is 0 Å². The minimum Gasteiger partial charge on any atom is -0.0622 e. The zero-order chi connectivity index (χ0) is 36.1. The Bertz CT molecular complexity index is 2460. The molecule has 0 atom stereocenters. The van der Waals surface area contributed by atoms with Crippen LogP contribution in [-0.4, -0.2) is 0 Å². The van der Waals surface area contributed by atoms with Crippen LogP contribution in [0.1, 0.15) is 0 Å². The third-order valence-corrected chi connectivity index (χ3v) is 10.3. The Morgan fingerprint density at radius 2 is 0.241 bits per heavy atom. The molecule has 0 unspecified atom stereocenters. The molecular formula is C54H38. The van der Waals surface area contributed by atoms with Crippen molar-refractivity contribution in [2.24, 2.45) is 0 Å². The van der Waals surface area contributed by atoms with Crippen LogP contribution in [-0.2, 0) is 0 Å². The molecule has 0 heterocycles. The summed E-state index contributed by atoms with van der Waals surface area (Å²) >= 11 is 0. The zero-order valence-electron chi connectivity index (χ0n) is 29.9. The lowest BCUT2D eigenvalue weighted by Gasteiger charge is -2.13. The molecule has 0 aromatic heterocycles. The molecule has 0 N–H and O–H groups in total. The van der Waals surface area contributed by atoms with E-state index in [0.29, 0.717) is 0 Å². The monoisotopic (exact) mass is 686 g/mol. The van der Waals surface area contributed by atoms with Crippen molar-refractivity contribution in [1.82, 2.24) is 0 Å². The highest BCUT2D eigenvalue weighted by molar-refractivity contribution is 5.84. The first kappa shape index (κ1) is 32.9. The number of hydrogen-bond acceptors (Lipinski definition) is 0. The first-order valence-electron chi connectivity index (χ1n) is 18.6. The van der Waals surface area contributed by atoms with E-state index >= 15 is 0 Å². The van der Waals surface area contributed by atoms with Crippen LogP contribution in [0.5, 0.6) is 0 Å². The Labute approximate surface area is 318 Å². The summed E-state index contributed by atoms with van der Waals surface area (Å²) in [5, 5.41) is 0. The Morgan fingerprint density at radius 3 is 0.407 bits per heavy atom. The zero-order valence-corrected chi connectivity index (χ0v) is 29.9. The van der Waals surface area contributed by atoms with Gasteiger partial charge in [0, 0.05) is 0 Å². The second-order valence-corrected chi connectivity index (χ2v) is 13.8. The van der Waals surface area contributed by atoms with Crippen LogP contribution < -0.4 is 0 Å². The molecule has 0 spiro atoms. The van der Waals surface area contributed by atoms with E-state index in [2.05, 4.69) is 231 Å². The van der Waals surface area contributed by atoms with Crippen LogP contribution >= 0.6 is 0 Å². The van der Waals surface area contributed by atoms with Gasteiger partial charge in [0.15, 0.2) is 0 Å². The summed E-state index contributed by atoms with van der Waals surface area (Å²) in [7, 11) is 0. The standard InChI is InChI=1S/C54H38/c1-4-10-39(11-5-1)42-16-20-45(21-17-42)47-26-32-50(33-27-47)53-36-52(49-30-24-44(25-31-49)41-14-8-3-9-15-41)37-54(38-53)51-34-28-48(29-35-51)46-22-18-43(19-23-46)40-12-6-2-7-13-40/h1-38H. The predicted molar refractivity (Wildman–Crippen MR) is 230 cm³/mol. The van der Waals surface area contributed by atoms with Gasteiger partial charge in [0.05, 0.1) is 0 Å². The van der Waals surface area contributed by atoms with E-state index in [0.717, 1.165) is 0 Å². The van der Waals surface area contributed by atoms with Gasteiger partial charge in [0.2, 0.25) is 0 Å². The lowest BCUT2D eigenvalue weighted by Crippen LogP contribution is -1.88. The van der Waals surface area contributed by atoms with Gasteiger partial charge in [-0.15, -0.1) is 0 Å². The summed E-state index contributed by atoms with van der Waals surface area (Å²) in [6, 6.07) is 83.3. The molecular weight excluding hydrogens is 649 g/mol. The molecule has 0 bridgehead atoms. The summed E-state index contributed by atoms with van der Waals surface area (Å²) in [5.74, 6) is 0. The van der Waals surface area contributed by atoms with Gasteiger partial charge in [0.25, 0.3) is 0 Å². The number of rotatable bonds is 8. The van der Waals surface area contributed by atoms with Gasteiger partial charge >= 0.3 is 0 Å². The largest absolute Gasteiger partial charge is 0.0622 e. The summed E-state index contributed by atoms with van der Waals surface area (Å²) in [6.07, 6.45) is 0. The molecule has 0 nitrogen and oxygen atoms in total. The van der Waals surface area contributed by atoms with Gasteiger partial charge in [0.1, 0.15) is 0 Å². The van der Waals surface area contributed by atoms with Gasteiger partial charge < -0.3 is 0 Å². The van der Waals surface area contributed by atoms with Crippen LogP contribution in [0.15, 0.2) is 231 Å². The molecule has 9 aromatic rings.